The summed E-state index contributed by atoms with van der Waals surface area (Å²) in [5.74, 6) is -0.622. The number of rotatable bonds is 5. The molecule has 0 bridgehead atoms. The van der Waals surface area contributed by atoms with Crippen molar-refractivity contribution in [3.63, 3.8) is 0 Å². The predicted octanol–water partition coefficient (Wildman–Crippen LogP) is 2.15. The summed E-state index contributed by atoms with van der Waals surface area (Å²) in [5, 5.41) is 19.8. The maximum Gasteiger partial charge on any atom is 0.311 e. The molecule has 1 saturated heterocycles. The topological polar surface area (TPSA) is 60.8 Å². The van der Waals surface area contributed by atoms with Gasteiger partial charge in [0.15, 0.2) is 0 Å². The maximum atomic E-state index is 11.6. The minimum absolute atomic E-state index is 0.0962. The molecule has 2 rings (SSSR count). The molecule has 1 aromatic rings. The first kappa shape index (κ1) is 15.0. The molecule has 4 heteroatoms. The van der Waals surface area contributed by atoms with Crippen LogP contribution in [-0.2, 0) is 4.79 Å². The van der Waals surface area contributed by atoms with E-state index in [0.717, 1.165) is 12.1 Å². The van der Waals surface area contributed by atoms with Crippen molar-refractivity contribution in [1.82, 2.24) is 4.90 Å². The SMILES string of the molecule is CC(C)C1(C(=O)O)CCN(CC(O)c2ccccc2)C1. The van der Waals surface area contributed by atoms with Crippen molar-refractivity contribution in [2.24, 2.45) is 11.3 Å². The van der Waals surface area contributed by atoms with Crippen molar-refractivity contribution in [3.8, 4) is 0 Å². The van der Waals surface area contributed by atoms with Gasteiger partial charge in [-0.25, -0.2) is 0 Å². The predicted molar refractivity (Wildman–Crippen MR) is 77.4 cm³/mol. The van der Waals surface area contributed by atoms with E-state index in [1.165, 1.54) is 0 Å². The van der Waals surface area contributed by atoms with E-state index in [9.17, 15) is 15.0 Å². The summed E-state index contributed by atoms with van der Waals surface area (Å²) >= 11 is 0. The first-order valence-corrected chi connectivity index (χ1v) is 7.14. The number of aliphatic carboxylic acids is 1. The zero-order chi connectivity index (χ0) is 14.8. The van der Waals surface area contributed by atoms with Crippen LogP contribution in [0, 0.1) is 11.3 Å². The molecule has 2 atom stereocenters. The highest BCUT2D eigenvalue weighted by Crippen LogP contribution is 2.38. The summed E-state index contributed by atoms with van der Waals surface area (Å²) in [7, 11) is 0. The molecule has 4 nitrogen and oxygen atoms in total. The molecule has 1 aliphatic rings. The number of aliphatic hydroxyl groups is 1. The minimum Gasteiger partial charge on any atom is -0.481 e. The molecule has 1 aromatic carbocycles. The monoisotopic (exact) mass is 277 g/mol. The highest BCUT2D eigenvalue weighted by molar-refractivity contribution is 5.75. The fraction of sp³-hybridized carbons (Fsp3) is 0.562. The van der Waals surface area contributed by atoms with Crippen LogP contribution in [0.4, 0.5) is 0 Å². The molecule has 1 heterocycles. The Hall–Kier alpha value is -1.39. The summed E-state index contributed by atoms with van der Waals surface area (Å²) < 4.78 is 0. The molecule has 0 spiro atoms. The van der Waals surface area contributed by atoms with E-state index >= 15 is 0 Å². The number of carboxylic acid groups (broad SMARTS) is 1. The second-order valence-corrected chi connectivity index (χ2v) is 6.03. The molecule has 110 valence electrons. The van der Waals surface area contributed by atoms with Gasteiger partial charge in [-0.2, -0.15) is 0 Å². The van der Waals surface area contributed by atoms with Crippen molar-refractivity contribution in [2.75, 3.05) is 19.6 Å². The van der Waals surface area contributed by atoms with Gasteiger partial charge in [0.05, 0.1) is 11.5 Å². The Morgan fingerprint density at radius 1 is 1.35 bits per heavy atom. The molecular weight excluding hydrogens is 254 g/mol. The van der Waals surface area contributed by atoms with E-state index in [4.69, 9.17) is 0 Å². The molecule has 2 unspecified atom stereocenters. The Kier molecular flexibility index (Phi) is 4.45. The third-order valence-corrected chi connectivity index (χ3v) is 4.53. The van der Waals surface area contributed by atoms with Crippen molar-refractivity contribution >= 4 is 5.97 Å². The van der Waals surface area contributed by atoms with Gasteiger partial charge in [-0.15, -0.1) is 0 Å². The number of hydrogen-bond donors (Lipinski definition) is 2. The number of carbonyl (C=O) groups is 1. The summed E-state index contributed by atoms with van der Waals surface area (Å²) in [6.07, 6.45) is 0.0922. The van der Waals surface area contributed by atoms with Crippen LogP contribution in [0.3, 0.4) is 0 Å². The van der Waals surface area contributed by atoms with Gasteiger partial charge >= 0.3 is 5.97 Å². The Balaban J connectivity index is 2.01. The number of aliphatic hydroxyl groups excluding tert-OH is 1. The molecule has 1 fully saturated rings. The fourth-order valence-corrected chi connectivity index (χ4v) is 2.99. The van der Waals surface area contributed by atoms with E-state index in [-0.39, 0.29) is 5.92 Å². The lowest BCUT2D eigenvalue weighted by Gasteiger charge is -2.29. The molecule has 0 aromatic heterocycles. The van der Waals surface area contributed by atoms with Gasteiger partial charge in [0, 0.05) is 13.1 Å². The Labute approximate surface area is 120 Å². The highest BCUT2D eigenvalue weighted by atomic mass is 16.4. The van der Waals surface area contributed by atoms with Gasteiger partial charge in [0.1, 0.15) is 0 Å². The quantitative estimate of drug-likeness (QED) is 0.866. The lowest BCUT2D eigenvalue weighted by molar-refractivity contribution is -0.151. The van der Waals surface area contributed by atoms with Crippen molar-refractivity contribution in [1.29, 1.82) is 0 Å². The van der Waals surface area contributed by atoms with Crippen LogP contribution in [0.2, 0.25) is 0 Å². The molecule has 20 heavy (non-hydrogen) atoms. The van der Waals surface area contributed by atoms with E-state index < -0.39 is 17.5 Å². The minimum atomic E-state index is -0.718. The maximum absolute atomic E-state index is 11.6. The number of hydrogen-bond acceptors (Lipinski definition) is 3. The molecule has 0 saturated carbocycles. The Bertz CT molecular complexity index is 460. The number of β-amino-alcohol motifs (C(OH)–C–C–N with tert-alkyl or cyclic N) is 1. The smallest absolute Gasteiger partial charge is 0.311 e. The number of carboxylic acids is 1. The molecule has 0 aliphatic carbocycles. The van der Waals surface area contributed by atoms with Crippen LogP contribution in [-0.4, -0.2) is 40.7 Å². The normalized spacial score (nSPS) is 25.0. The van der Waals surface area contributed by atoms with Crippen LogP contribution in [0.25, 0.3) is 0 Å². The standard InChI is InChI=1S/C16H23NO3/c1-12(2)16(15(19)20)8-9-17(11-16)10-14(18)13-6-4-3-5-7-13/h3-7,12,14,18H,8-11H2,1-2H3,(H,19,20). The van der Waals surface area contributed by atoms with E-state index in [0.29, 0.717) is 19.5 Å². The van der Waals surface area contributed by atoms with Crippen molar-refractivity contribution in [2.45, 2.75) is 26.4 Å². The lowest BCUT2D eigenvalue weighted by Crippen LogP contribution is -2.40. The third kappa shape index (κ3) is 2.86. The molecule has 0 amide bonds. The van der Waals surface area contributed by atoms with Gasteiger partial charge in [-0.1, -0.05) is 44.2 Å². The van der Waals surface area contributed by atoms with Crippen LogP contribution in [0.15, 0.2) is 30.3 Å². The Morgan fingerprint density at radius 3 is 2.50 bits per heavy atom. The summed E-state index contributed by atoms with van der Waals surface area (Å²) in [5.41, 5.74) is 0.209. The second kappa shape index (κ2) is 5.94. The molecule has 1 aliphatic heterocycles. The van der Waals surface area contributed by atoms with E-state index in [1.807, 2.05) is 44.2 Å². The first-order chi connectivity index (χ1) is 9.45. The van der Waals surface area contributed by atoms with E-state index in [2.05, 4.69) is 4.90 Å². The number of likely N-dealkylation sites (tertiary alicyclic amines) is 1. The summed E-state index contributed by atoms with van der Waals surface area (Å²) in [6, 6.07) is 9.51. The summed E-state index contributed by atoms with van der Waals surface area (Å²) in [4.78, 5) is 13.6. The average molecular weight is 277 g/mol. The largest absolute Gasteiger partial charge is 0.481 e. The second-order valence-electron chi connectivity index (χ2n) is 6.03. The van der Waals surface area contributed by atoms with Crippen LogP contribution >= 0.6 is 0 Å². The number of benzene rings is 1. The fourth-order valence-electron chi connectivity index (χ4n) is 2.99. The molecular formula is C16H23NO3. The van der Waals surface area contributed by atoms with E-state index in [1.54, 1.807) is 0 Å². The van der Waals surface area contributed by atoms with Crippen LogP contribution < -0.4 is 0 Å². The Morgan fingerprint density at radius 2 is 2.00 bits per heavy atom. The van der Waals surface area contributed by atoms with Crippen molar-refractivity contribution in [3.05, 3.63) is 35.9 Å². The third-order valence-electron chi connectivity index (χ3n) is 4.53. The van der Waals surface area contributed by atoms with Gasteiger partial charge in [0.2, 0.25) is 0 Å². The lowest BCUT2D eigenvalue weighted by atomic mass is 9.76. The van der Waals surface area contributed by atoms with Gasteiger partial charge in [0.25, 0.3) is 0 Å². The van der Waals surface area contributed by atoms with Crippen molar-refractivity contribution < 1.29 is 15.0 Å². The van der Waals surface area contributed by atoms with Gasteiger partial charge in [-0.3, -0.25) is 9.69 Å². The summed E-state index contributed by atoms with van der Waals surface area (Å²) in [6.45, 7) is 5.67. The van der Waals surface area contributed by atoms with Crippen LogP contribution in [0.5, 0.6) is 0 Å². The highest BCUT2D eigenvalue weighted by Gasteiger charge is 2.47. The first-order valence-electron chi connectivity index (χ1n) is 7.14. The van der Waals surface area contributed by atoms with Gasteiger partial charge in [-0.05, 0) is 24.4 Å². The molecule has 2 N–H and O–H groups in total. The van der Waals surface area contributed by atoms with Gasteiger partial charge < -0.3 is 10.2 Å². The van der Waals surface area contributed by atoms with Crippen LogP contribution in [0.1, 0.15) is 31.9 Å². The zero-order valence-corrected chi connectivity index (χ0v) is 12.1. The molecule has 0 radical (unpaired) electrons. The number of nitrogens with zero attached hydrogens (tertiary/aromatic N) is 1. The average Bonchev–Trinajstić information content (AvgIpc) is 2.85. The zero-order valence-electron chi connectivity index (χ0n) is 12.1.